The molecule has 0 bridgehead atoms. The minimum absolute atomic E-state index is 0.0954. The van der Waals surface area contributed by atoms with Gasteiger partial charge in [-0.15, -0.1) is 0 Å². The molecular formula is C20H18FN3O. The van der Waals surface area contributed by atoms with Crippen molar-refractivity contribution in [3.8, 4) is 0 Å². The van der Waals surface area contributed by atoms with Crippen LogP contribution in [0.25, 0.3) is 10.9 Å². The van der Waals surface area contributed by atoms with Crippen molar-refractivity contribution < 1.29 is 9.18 Å². The monoisotopic (exact) mass is 335 g/mol. The summed E-state index contributed by atoms with van der Waals surface area (Å²) in [7, 11) is 0. The number of carbonyl (C=O) groups excluding carboxylic acids is 1. The average Bonchev–Trinajstić information content (AvgIpc) is 2.96. The van der Waals surface area contributed by atoms with E-state index in [0.717, 1.165) is 46.4 Å². The van der Waals surface area contributed by atoms with Crippen LogP contribution in [0.3, 0.4) is 0 Å². The molecule has 4 rings (SSSR count). The van der Waals surface area contributed by atoms with Crippen molar-refractivity contribution in [3.63, 3.8) is 0 Å². The Morgan fingerprint density at radius 1 is 1.16 bits per heavy atom. The van der Waals surface area contributed by atoms with Gasteiger partial charge in [0.05, 0.1) is 11.6 Å². The minimum atomic E-state index is -0.182. The maximum Gasteiger partial charge on any atom is 0.221 e. The van der Waals surface area contributed by atoms with E-state index in [1.165, 1.54) is 13.0 Å². The molecule has 0 fully saturated rings. The number of nitrogens with zero attached hydrogens (tertiary/aromatic N) is 1. The third-order valence-electron chi connectivity index (χ3n) is 4.51. The predicted octanol–water partition coefficient (Wildman–Crippen LogP) is 4.43. The molecule has 1 amide bonds. The Morgan fingerprint density at radius 2 is 2.04 bits per heavy atom. The number of nitrogens with one attached hydrogen (secondary N) is 2. The molecule has 4 nitrogen and oxygen atoms in total. The van der Waals surface area contributed by atoms with E-state index in [4.69, 9.17) is 0 Å². The standard InChI is InChI=1S/C20H18FN3O/c1-12(25)22-16-5-8-18-14(11-16)3-9-20(23-18)24-19-7-2-13-10-15(21)4-6-17(13)19/h3-6,8-11,19H,2,7H2,1H3,(H,22,25)(H,23,24). The quantitative estimate of drug-likeness (QED) is 0.744. The minimum Gasteiger partial charge on any atom is -0.363 e. The summed E-state index contributed by atoms with van der Waals surface area (Å²) in [6, 6.07) is 14.7. The molecule has 1 aromatic heterocycles. The molecule has 0 aliphatic heterocycles. The van der Waals surface area contributed by atoms with Crippen LogP contribution in [0, 0.1) is 5.82 Å². The van der Waals surface area contributed by atoms with Gasteiger partial charge < -0.3 is 10.6 Å². The zero-order valence-corrected chi connectivity index (χ0v) is 13.8. The predicted molar refractivity (Wildman–Crippen MR) is 97.1 cm³/mol. The second-order valence-electron chi connectivity index (χ2n) is 6.36. The molecule has 2 aromatic carbocycles. The molecule has 25 heavy (non-hydrogen) atoms. The van der Waals surface area contributed by atoms with Crippen LogP contribution in [0.2, 0.25) is 0 Å². The Morgan fingerprint density at radius 3 is 2.88 bits per heavy atom. The summed E-state index contributed by atoms with van der Waals surface area (Å²) < 4.78 is 13.3. The van der Waals surface area contributed by atoms with Crippen LogP contribution in [0.15, 0.2) is 48.5 Å². The van der Waals surface area contributed by atoms with E-state index in [1.807, 2.05) is 36.4 Å². The zero-order valence-electron chi connectivity index (χ0n) is 13.8. The Labute approximate surface area is 145 Å². The fraction of sp³-hybridized carbons (Fsp3) is 0.200. The number of rotatable bonds is 3. The number of fused-ring (bicyclic) bond motifs is 2. The van der Waals surface area contributed by atoms with Gasteiger partial charge in [0.2, 0.25) is 5.91 Å². The first-order chi connectivity index (χ1) is 12.1. The first-order valence-electron chi connectivity index (χ1n) is 8.32. The number of anilines is 2. The van der Waals surface area contributed by atoms with E-state index >= 15 is 0 Å². The van der Waals surface area contributed by atoms with Gasteiger partial charge in [0, 0.05) is 18.0 Å². The number of hydrogen-bond acceptors (Lipinski definition) is 3. The molecule has 1 aliphatic rings. The number of halogens is 1. The van der Waals surface area contributed by atoms with E-state index in [0.29, 0.717) is 0 Å². The van der Waals surface area contributed by atoms with Crippen LogP contribution >= 0.6 is 0 Å². The Hall–Kier alpha value is -2.95. The van der Waals surface area contributed by atoms with Crippen molar-refractivity contribution >= 4 is 28.3 Å². The van der Waals surface area contributed by atoms with Crippen molar-refractivity contribution in [2.75, 3.05) is 10.6 Å². The van der Waals surface area contributed by atoms with Gasteiger partial charge in [-0.1, -0.05) is 6.07 Å². The highest BCUT2D eigenvalue weighted by Gasteiger charge is 2.22. The number of benzene rings is 2. The van der Waals surface area contributed by atoms with E-state index in [2.05, 4.69) is 15.6 Å². The molecule has 5 heteroatoms. The molecule has 0 spiro atoms. The van der Waals surface area contributed by atoms with Crippen molar-refractivity contribution in [1.82, 2.24) is 4.98 Å². The van der Waals surface area contributed by atoms with Gasteiger partial charge in [-0.2, -0.15) is 0 Å². The molecular weight excluding hydrogens is 317 g/mol. The molecule has 2 N–H and O–H groups in total. The van der Waals surface area contributed by atoms with Gasteiger partial charge in [0.25, 0.3) is 0 Å². The number of aromatic nitrogens is 1. The third kappa shape index (κ3) is 3.18. The molecule has 1 heterocycles. The molecule has 1 aliphatic carbocycles. The lowest BCUT2D eigenvalue weighted by Crippen LogP contribution is -2.08. The van der Waals surface area contributed by atoms with Crippen molar-refractivity contribution in [1.29, 1.82) is 0 Å². The number of amides is 1. The number of pyridine rings is 1. The lowest BCUT2D eigenvalue weighted by molar-refractivity contribution is -0.114. The second kappa shape index (κ2) is 6.16. The van der Waals surface area contributed by atoms with Crippen molar-refractivity contribution in [3.05, 3.63) is 65.5 Å². The fourth-order valence-electron chi connectivity index (χ4n) is 3.40. The van der Waals surface area contributed by atoms with Gasteiger partial charge in [-0.25, -0.2) is 9.37 Å². The summed E-state index contributed by atoms with van der Waals surface area (Å²) in [4.78, 5) is 15.8. The molecule has 126 valence electrons. The van der Waals surface area contributed by atoms with E-state index in [1.54, 1.807) is 6.07 Å². The fourth-order valence-corrected chi connectivity index (χ4v) is 3.40. The third-order valence-corrected chi connectivity index (χ3v) is 4.51. The van der Waals surface area contributed by atoms with E-state index < -0.39 is 0 Å². The zero-order chi connectivity index (χ0) is 17.4. The Kier molecular flexibility index (Phi) is 3.84. The first-order valence-corrected chi connectivity index (χ1v) is 8.32. The summed E-state index contributed by atoms with van der Waals surface area (Å²) in [6.07, 6.45) is 1.80. The van der Waals surface area contributed by atoms with E-state index in [-0.39, 0.29) is 17.8 Å². The molecule has 0 saturated carbocycles. The second-order valence-corrected chi connectivity index (χ2v) is 6.36. The van der Waals surface area contributed by atoms with Crippen LogP contribution in [0.5, 0.6) is 0 Å². The topological polar surface area (TPSA) is 54.0 Å². The summed E-state index contributed by atoms with van der Waals surface area (Å²) in [5.41, 5.74) is 3.83. The van der Waals surface area contributed by atoms with Crippen LogP contribution in [-0.2, 0) is 11.2 Å². The van der Waals surface area contributed by atoms with Crippen molar-refractivity contribution in [2.24, 2.45) is 0 Å². The summed E-state index contributed by atoms with van der Waals surface area (Å²) in [5, 5.41) is 7.19. The Bertz CT molecular complexity index is 970. The van der Waals surface area contributed by atoms with Gasteiger partial charge in [0.15, 0.2) is 0 Å². The maximum atomic E-state index is 13.3. The molecule has 1 atom stereocenters. The normalized spacial score (nSPS) is 15.8. The smallest absolute Gasteiger partial charge is 0.221 e. The molecule has 0 radical (unpaired) electrons. The summed E-state index contributed by atoms with van der Waals surface area (Å²) in [6.45, 7) is 1.49. The number of carbonyl (C=O) groups is 1. The highest BCUT2D eigenvalue weighted by molar-refractivity contribution is 5.92. The van der Waals surface area contributed by atoms with E-state index in [9.17, 15) is 9.18 Å². The summed E-state index contributed by atoms with van der Waals surface area (Å²) in [5.74, 6) is 0.516. The Balaban J connectivity index is 1.58. The first kappa shape index (κ1) is 15.6. The van der Waals surface area contributed by atoms with Crippen LogP contribution in [-0.4, -0.2) is 10.9 Å². The SMILES string of the molecule is CC(=O)Nc1ccc2nc(NC3CCc4cc(F)ccc43)ccc2c1. The van der Waals surface area contributed by atoms with Crippen molar-refractivity contribution in [2.45, 2.75) is 25.8 Å². The molecule has 0 saturated heterocycles. The van der Waals surface area contributed by atoms with Crippen LogP contribution in [0.1, 0.15) is 30.5 Å². The van der Waals surface area contributed by atoms with Gasteiger partial charge >= 0.3 is 0 Å². The largest absolute Gasteiger partial charge is 0.363 e. The van der Waals surface area contributed by atoms with Gasteiger partial charge in [0.1, 0.15) is 11.6 Å². The van der Waals surface area contributed by atoms with Crippen LogP contribution in [0.4, 0.5) is 15.9 Å². The molecule has 3 aromatic rings. The number of aryl methyl sites for hydroxylation is 1. The molecule has 1 unspecified atom stereocenters. The maximum absolute atomic E-state index is 13.3. The number of hydrogen-bond donors (Lipinski definition) is 2. The lowest BCUT2D eigenvalue weighted by Gasteiger charge is -2.15. The van der Waals surface area contributed by atoms with Crippen LogP contribution < -0.4 is 10.6 Å². The highest BCUT2D eigenvalue weighted by atomic mass is 19.1. The highest BCUT2D eigenvalue weighted by Crippen LogP contribution is 2.34. The lowest BCUT2D eigenvalue weighted by atomic mass is 10.1. The summed E-state index contributed by atoms with van der Waals surface area (Å²) >= 11 is 0. The van der Waals surface area contributed by atoms with Gasteiger partial charge in [-0.3, -0.25) is 4.79 Å². The van der Waals surface area contributed by atoms with Gasteiger partial charge in [-0.05, 0) is 66.4 Å². The average molecular weight is 335 g/mol.